The molecule has 0 fully saturated rings. The van der Waals surface area contributed by atoms with Crippen molar-refractivity contribution in [3.63, 3.8) is 0 Å². The molecule has 0 saturated carbocycles. The van der Waals surface area contributed by atoms with Gasteiger partial charge in [-0.2, -0.15) is 0 Å². The highest BCUT2D eigenvalue weighted by Gasteiger charge is 2.16. The summed E-state index contributed by atoms with van der Waals surface area (Å²) in [6, 6.07) is 23.1. The maximum Gasteiger partial charge on any atom is 0.111 e. The summed E-state index contributed by atoms with van der Waals surface area (Å²) in [5.74, 6) is 1.16. The molecule has 0 aliphatic carbocycles. The fourth-order valence-electron chi connectivity index (χ4n) is 3.19. The van der Waals surface area contributed by atoms with E-state index in [1.165, 1.54) is 16.3 Å². The number of nitrogens with zero attached hydrogens (tertiary/aromatic N) is 1. The smallest absolute Gasteiger partial charge is 0.111 e. The Kier molecular flexibility index (Phi) is 3.56. The van der Waals surface area contributed by atoms with Crippen LogP contribution >= 0.6 is 0 Å². The summed E-state index contributed by atoms with van der Waals surface area (Å²) < 4.78 is 0. The SMILES string of the molecule is NCC(Cc1cccc2ccccc12)c1nc2ccccc2[nH]1. The topological polar surface area (TPSA) is 54.7 Å². The molecule has 0 amide bonds. The molecule has 0 saturated heterocycles. The maximum absolute atomic E-state index is 6.06. The van der Waals surface area contributed by atoms with E-state index in [2.05, 4.69) is 53.5 Å². The van der Waals surface area contributed by atoms with Gasteiger partial charge in [0.15, 0.2) is 0 Å². The molecule has 0 spiro atoms. The summed E-state index contributed by atoms with van der Waals surface area (Å²) in [6.45, 7) is 0.572. The van der Waals surface area contributed by atoms with Crippen molar-refractivity contribution in [1.29, 1.82) is 0 Å². The van der Waals surface area contributed by atoms with Crippen molar-refractivity contribution in [3.05, 3.63) is 78.1 Å². The Morgan fingerprint density at radius 2 is 1.70 bits per heavy atom. The number of nitrogens with one attached hydrogen (secondary N) is 1. The fourth-order valence-corrected chi connectivity index (χ4v) is 3.19. The van der Waals surface area contributed by atoms with Crippen LogP contribution in [0.2, 0.25) is 0 Å². The average Bonchev–Trinajstić information content (AvgIpc) is 3.03. The highest BCUT2D eigenvalue weighted by atomic mass is 14.9. The molecular weight excluding hydrogens is 282 g/mol. The van der Waals surface area contributed by atoms with Crippen molar-refractivity contribution in [2.75, 3.05) is 6.54 Å². The van der Waals surface area contributed by atoms with Gasteiger partial charge in [0.2, 0.25) is 0 Å². The first-order valence-corrected chi connectivity index (χ1v) is 7.96. The van der Waals surface area contributed by atoms with Gasteiger partial charge in [0.05, 0.1) is 11.0 Å². The van der Waals surface area contributed by atoms with Gasteiger partial charge in [-0.1, -0.05) is 54.6 Å². The van der Waals surface area contributed by atoms with Gasteiger partial charge in [-0.05, 0) is 34.9 Å². The molecule has 1 unspecified atom stereocenters. The lowest BCUT2D eigenvalue weighted by Crippen LogP contribution is -2.16. The molecule has 0 aliphatic rings. The molecule has 3 N–H and O–H groups in total. The normalized spacial score (nSPS) is 12.7. The van der Waals surface area contributed by atoms with Crippen LogP contribution < -0.4 is 5.73 Å². The van der Waals surface area contributed by atoms with Gasteiger partial charge < -0.3 is 10.7 Å². The van der Waals surface area contributed by atoms with E-state index in [0.717, 1.165) is 23.3 Å². The predicted molar refractivity (Wildman–Crippen MR) is 95.5 cm³/mol. The third-order valence-corrected chi connectivity index (χ3v) is 4.43. The standard InChI is InChI=1S/C20H19N3/c21-13-16(20-22-18-10-3-4-11-19(18)23-20)12-15-8-5-7-14-6-1-2-9-17(14)15/h1-11,16H,12-13,21H2,(H,22,23). The van der Waals surface area contributed by atoms with Crippen molar-refractivity contribution in [2.24, 2.45) is 5.73 Å². The molecule has 1 atom stereocenters. The van der Waals surface area contributed by atoms with Gasteiger partial charge in [0, 0.05) is 12.5 Å². The molecule has 23 heavy (non-hydrogen) atoms. The van der Waals surface area contributed by atoms with Crippen LogP contribution in [-0.4, -0.2) is 16.5 Å². The maximum atomic E-state index is 6.06. The third-order valence-electron chi connectivity index (χ3n) is 4.43. The van der Waals surface area contributed by atoms with Crippen LogP contribution in [0.4, 0.5) is 0 Å². The Morgan fingerprint density at radius 3 is 2.57 bits per heavy atom. The van der Waals surface area contributed by atoms with E-state index < -0.39 is 0 Å². The van der Waals surface area contributed by atoms with Gasteiger partial charge >= 0.3 is 0 Å². The average molecular weight is 301 g/mol. The molecule has 114 valence electrons. The van der Waals surface area contributed by atoms with Gasteiger partial charge in [-0.25, -0.2) is 4.98 Å². The zero-order valence-corrected chi connectivity index (χ0v) is 12.9. The van der Waals surface area contributed by atoms with Crippen molar-refractivity contribution in [1.82, 2.24) is 9.97 Å². The molecule has 4 aromatic rings. The lowest BCUT2D eigenvalue weighted by Gasteiger charge is -2.14. The second-order valence-electron chi connectivity index (χ2n) is 5.91. The number of rotatable bonds is 4. The van der Waals surface area contributed by atoms with E-state index in [-0.39, 0.29) is 5.92 Å². The minimum atomic E-state index is 0.188. The molecular formula is C20H19N3. The Balaban J connectivity index is 1.72. The number of hydrogen-bond donors (Lipinski definition) is 2. The summed E-state index contributed by atoms with van der Waals surface area (Å²) in [4.78, 5) is 8.15. The third kappa shape index (κ3) is 2.60. The number of nitrogens with two attached hydrogens (primary N) is 1. The van der Waals surface area contributed by atoms with Crippen molar-refractivity contribution in [3.8, 4) is 0 Å². The number of benzene rings is 3. The molecule has 1 heterocycles. The fraction of sp³-hybridized carbons (Fsp3) is 0.150. The number of aromatic amines is 1. The monoisotopic (exact) mass is 301 g/mol. The first-order valence-electron chi connectivity index (χ1n) is 7.96. The Bertz CT molecular complexity index is 917. The van der Waals surface area contributed by atoms with Gasteiger partial charge in [-0.15, -0.1) is 0 Å². The first-order chi connectivity index (χ1) is 11.3. The molecule has 3 aromatic carbocycles. The van der Waals surface area contributed by atoms with Crippen LogP contribution in [0, 0.1) is 0 Å². The largest absolute Gasteiger partial charge is 0.342 e. The quantitative estimate of drug-likeness (QED) is 0.598. The number of aromatic nitrogens is 2. The molecule has 3 heteroatoms. The van der Waals surface area contributed by atoms with E-state index >= 15 is 0 Å². The van der Waals surface area contributed by atoms with Crippen LogP contribution in [-0.2, 0) is 6.42 Å². The second kappa shape index (κ2) is 5.86. The van der Waals surface area contributed by atoms with Crippen molar-refractivity contribution >= 4 is 21.8 Å². The number of fused-ring (bicyclic) bond motifs is 2. The van der Waals surface area contributed by atoms with E-state index in [4.69, 9.17) is 10.7 Å². The van der Waals surface area contributed by atoms with E-state index in [9.17, 15) is 0 Å². The van der Waals surface area contributed by atoms with Crippen LogP contribution in [0.5, 0.6) is 0 Å². The molecule has 0 aliphatic heterocycles. The van der Waals surface area contributed by atoms with Crippen LogP contribution in [0.1, 0.15) is 17.3 Å². The Hall–Kier alpha value is -2.65. The lowest BCUT2D eigenvalue weighted by molar-refractivity contribution is 0.661. The first kappa shape index (κ1) is 14.0. The lowest BCUT2D eigenvalue weighted by atomic mass is 9.94. The molecule has 0 bridgehead atoms. The number of hydrogen-bond acceptors (Lipinski definition) is 2. The molecule has 0 radical (unpaired) electrons. The van der Waals surface area contributed by atoms with E-state index in [1.54, 1.807) is 0 Å². The summed E-state index contributed by atoms with van der Waals surface area (Å²) in [7, 11) is 0. The van der Waals surface area contributed by atoms with E-state index in [1.807, 2.05) is 18.2 Å². The highest BCUT2D eigenvalue weighted by molar-refractivity contribution is 5.85. The van der Waals surface area contributed by atoms with Crippen LogP contribution in [0.3, 0.4) is 0 Å². The summed E-state index contributed by atoms with van der Waals surface area (Å²) in [6.07, 6.45) is 0.887. The minimum absolute atomic E-state index is 0.188. The summed E-state index contributed by atoms with van der Waals surface area (Å²) in [5.41, 5.74) is 9.44. The molecule has 4 rings (SSSR count). The zero-order valence-electron chi connectivity index (χ0n) is 12.9. The number of para-hydroxylation sites is 2. The van der Waals surface area contributed by atoms with Crippen LogP contribution in [0.25, 0.3) is 21.8 Å². The number of H-pyrrole nitrogens is 1. The second-order valence-corrected chi connectivity index (χ2v) is 5.91. The zero-order chi connectivity index (χ0) is 15.6. The Labute approximate surface area is 135 Å². The van der Waals surface area contributed by atoms with Gasteiger partial charge in [0.25, 0.3) is 0 Å². The summed E-state index contributed by atoms with van der Waals surface area (Å²) in [5, 5.41) is 2.56. The highest BCUT2D eigenvalue weighted by Crippen LogP contribution is 2.25. The van der Waals surface area contributed by atoms with Crippen molar-refractivity contribution < 1.29 is 0 Å². The minimum Gasteiger partial charge on any atom is -0.342 e. The van der Waals surface area contributed by atoms with Gasteiger partial charge in [-0.3, -0.25) is 0 Å². The molecule has 3 nitrogen and oxygen atoms in total. The van der Waals surface area contributed by atoms with Gasteiger partial charge in [0.1, 0.15) is 5.82 Å². The Morgan fingerprint density at radius 1 is 0.913 bits per heavy atom. The van der Waals surface area contributed by atoms with Crippen LogP contribution in [0.15, 0.2) is 66.7 Å². The number of imidazole rings is 1. The predicted octanol–water partition coefficient (Wildman–Crippen LogP) is 4.00. The van der Waals surface area contributed by atoms with E-state index in [0.29, 0.717) is 6.54 Å². The summed E-state index contributed by atoms with van der Waals surface area (Å²) >= 11 is 0. The molecule has 1 aromatic heterocycles. The van der Waals surface area contributed by atoms with Crippen molar-refractivity contribution in [2.45, 2.75) is 12.3 Å².